The van der Waals surface area contributed by atoms with Crippen molar-refractivity contribution in [1.82, 2.24) is 4.72 Å². The summed E-state index contributed by atoms with van der Waals surface area (Å²) >= 11 is 0. The van der Waals surface area contributed by atoms with Crippen LogP contribution in [0.15, 0.2) is 29.2 Å². The summed E-state index contributed by atoms with van der Waals surface area (Å²) in [6.07, 6.45) is 4.56. The first kappa shape index (κ1) is 12.4. The van der Waals surface area contributed by atoms with Gasteiger partial charge in [-0.15, -0.1) is 0 Å². The van der Waals surface area contributed by atoms with Gasteiger partial charge in [0.1, 0.15) is 10.6 Å². The highest BCUT2D eigenvalue weighted by Gasteiger charge is 2.20. The van der Waals surface area contributed by atoms with Crippen LogP contribution in [0.4, 0.5) is 0 Å². The molecule has 1 aliphatic rings. The van der Waals surface area contributed by atoms with E-state index in [2.05, 4.69) is 4.72 Å². The van der Waals surface area contributed by atoms with Crippen molar-refractivity contribution in [3.63, 3.8) is 0 Å². The molecule has 0 unspecified atom stereocenters. The lowest BCUT2D eigenvalue weighted by molar-refractivity contribution is 0.297. The van der Waals surface area contributed by atoms with E-state index in [0.717, 1.165) is 6.42 Å². The SMILES string of the molecule is O=S(=O)(NCCC1CCC1)c1ccccc1O. The van der Waals surface area contributed by atoms with E-state index in [1.54, 1.807) is 12.1 Å². The molecule has 2 rings (SSSR count). The smallest absolute Gasteiger partial charge is 0.244 e. The number of para-hydroxylation sites is 1. The van der Waals surface area contributed by atoms with E-state index in [9.17, 15) is 13.5 Å². The minimum absolute atomic E-state index is 0.0476. The molecule has 0 bridgehead atoms. The van der Waals surface area contributed by atoms with Gasteiger partial charge in [-0.25, -0.2) is 13.1 Å². The Hall–Kier alpha value is -1.07. The van der Waals surface area contributed by atoms with Crippen molar-refractivity contribution in [2.75, 3.05) is 6.54 Å². The normalized spacial score (nSPS) is 16.7. The molecule has 0 spiro atoms. The monoisotopic (exact) mass is 255 g/mol. The van der Waals surface area contributed by atoms with E-state index in [4.69, 9.17) is 0 Å². The van der Waals surface area contributed by atoms with Gasteiger partial charge in [-0.2, -0.15) is 0 Å². The standard InChI is InChI=1S/C12H17NO3S/c14-11-6-1-2-7-12(11)17(15,16)13-9-8-10-4-3-5-10/h1-2,6-7,10,13-14H,3-5,8-9H2. The Bertz CT molecular complexity index is 480. The molecule has 4 nitrogen and oxygen atoms in total. The molecule has 1 aromatic carbocycles. The van der Waals surface area contributed by atoms with Crippen molar-refractivity contribution in [3.8, 4) is 5.75 Å². The van der Waals surface area contributed by atoms with Crippen molar-refractivity contribution in [2.24, 2.45) is 5.92 Å². The van der Waals surface area contributed by atoms with E-state index >= 15 is 0 Å². The Labute approximate surface area is 102 Å². The third-order valence-corrected chi connectivity index (χ3v) is 4.73. The summed E-state index contributed by atoms with van der Waals surface area (Å²) in [4.78, 5) is -0.0476. The highest BCUT2D eigenvalue weighted by Crippen LogP contribution is 2.29. The van der Waals surface area contributed by atoms with Crippen LogP contribution in [0.3, 0.4) is 0 Å². The molecular formula is C12H17NO3S. The van der Waals surface area contributed by atoms with Crippen LogP contribution in [0.1, 0.15) is 25.7 Å². The molecule has 0 aliphatic heterocycles. The van der Waals surface area contributed by atoms with Gasteiger partial charge in [0.2, 0.25) is 10.0 Å². The molecule has 1 aliphatic carbocycles. The first-order valence-electron chi connectivity index (χ1n) is 5.87. The van der Waals surface area contributed by atoms with Crippen molar-refractivity contribution < 1.29 is 13.5 Å². The number of hydrogen-bond acceptors (Lipinski definition) is 3. The minimum atomic E-state index is -3.57. The maximum Gasteiger partial charge on any atom is 0.244 e. The zero-order valence-corrected chi connectivity index (χ0v) is 10.4. The second kappa shape index (κ2) is 5.06. The lowest BCUT2D eigenvalue weighted by Gasteiger charge is -2.25. The number of hydrogen-bond donors (Lipinski definition) is 2. The minimum Gasteiger partial charge on any atom is -0.507 e. The summed E-state index contributed by atoms with van der Waals surface area (Å²) in [5.74, 6) is 0.464. The molecule has 5 heteroatoms. The van der Waals surface area contributed by atoms with Crippen LogP contribution in [0.2, 0.25) is 0 Å². The fraction of sp³-hybridized carbons (Fsp3) is 0.500. The summed E-state index contributed by atoms with van der Waals surface area (Å²) in [5, 5.41) is 9.49. The third kappa shape index (κ3) is 2.98. The van der Waals surface area contributed by atoms with E-state index in [1.165, 1.54) is 31.4 Å². The van der Waals surface area contributed by atoms with Crippen molar-refractivity contribution in [2.45, 2.75) is 30.6 Å². The predicted octanol–water partition coefficient (Wildman–Crippen LogP) is 1.86. The Morgan fingerprint density at radius 3 is 2.59 bits per heavy atom. The Morgan fingerprint density at radius 1 is 1.29 bits per heavy atom. The van der Waals surface area contributed by atoms with E-state index in [0.29, 0.717) is 12.5 Å². The van der Waals surface area contributed by atoms with Crippen LogP contribution < -0.4 is 4.72 Å². The van der Waals surface area contributed by atoms with Crippen LogP contribution >= 0.6 is 0 Å². The van der Waals surface area contributed by atoms with Crippen LogP contribution in [-0.2, 0) is 10.0 Å². The number of rotatable bonds is 5. The summed E-state index contributed by atoms with van der Waals surface area (Å²) in [6.45, 7) is 0.446. The summed E-state index contributed by atoms with van der Waals surface area (Å²) in [6, 6.07) is 5.98. The lowest BCUT2D eigenvalue weighted by Crippen LogP contribution is -2.27. The number of sulfonamides is 1. The lowest BCUT2D eigenvalue weighted by atomic mass is 9.83. The zero-order chi connectivity index (χ0) is 12.3. The average molecular weight is 255 g/mol. The average Bonchev–Trinajstić information content (AvgIpc) is 2.22. The van der Waals surface area contributed by atoms with E-state index in [-0.39, 0.29) is 10.6 Å². The predicted molar refractivity (Wildman–Crippen MR) is 65.3 cm³/mol. The first-order valence-corrected chi connectivity index (χ1v) is 7.35. The topological polar surface area (TPSA) is 66.4 Å². The second-order valence-corrected chi connectivity index (χ2v) is 6.19. The third-order valence-electron chi connectivity index (χ3n) is 3.22. The molecular weight excluding hydrogens is 238 g/mol. The van der Waals surface area contributed by atoms with Crippen LogP contribution in [0.5, 0.6) is 5.75 Å². The summed E-state index contributed by atoms with van der Waals surface area (Å²) in [5.41, 5.74) is 0. The maximum atomic E-state index is 11.9. The summed E-state index contributed by atoms with van der Waals surface area (Å²) < 4.78 is 26.3. The molecule has 0 saturated heterocycles. The van der Waals surface area contributed by atoms with Gasteiger partial charge in [0.25, 0.3) is 0 Å². The first-order chi connectivity index (χ1) is 8.09. The highest BCUT2D eigenvalue weighted by molar-refractivity contribution is 7.89. The fourth-order valence-corrected chi connectivity index (χ4v) is 3.08. The van der Waals surface area contributed by atoms with E-state index < -0.39 is 10.0 Å². The van der Waals surface area contributed by atoms with E-state index in [1.807, 2.05) is 0 Å². The number of aromatic hydroxyl groups is 1. The largest absolute Gasteiger partial charge is 0.507 e. The van der Waals surface area contributed by atoms with Crippen molar-refractivity contribution in [3.05, 3.63) is 24.3 Å². The Balaban J connectivity index is 1.96. The van der Waals surface area contributed by atoms with Gasteiger partial charge in [-0.1, -0.05) is 31.4 Å². The van der Waals surface area contributed by atoms with Gasteiger partial charge < -0.3 is 5.11 Å². The molecule has 1 fully saturated rings. The van der Waals surface area contributed by atoms with Crippen LogP contribution in [0.25, 0.3) is 0 Å². The molecule has 0 amide bonds. The van der Waals surface area contributed by atoms with Gasteiger partial charge in [0.15, 0.2) is 0 Å². The van der Waals surface area contributed by atoms with Gasteiger partial charge >= 0.3 is 0 Å². The van der Waals surface area contributed by atoms with Gasteiger partial charge in [0, 0.05) is 6.54 Å². The quantitative estimate of drug-likeness (QED) is 0.844. The molecule has 0 aromatic heterocycles. The van der Waals surface area contributed by atoms with Gasteiger partial charge in [-0.3, -0.25) is 0 Å². The molecule has 2 N–H and O–H groups in total. The second-order valence-electron chi connectivity index (χ2n) is 4.45. The molecule has 17 heavy (non-hydrogen) atoms. The Morgan fingerprint density at radius 2 is 2.00 bits per heavy atom. The number of phenols is 1. The highest BCUT2D eigenvalue weighted by atomic mass is 32.2. The van der Waals surface area contributed by atoms with Crippen molar-refractivity contribution in [1.29, 1.82) is 0 Å². The van der Waals surface area contributed by atoms with Gasteiger partial charge in [0.05, 0.1) is 0 Å². The molecule has 0 atom stereocenters. The molecule has 1 saturated carbocycles. The number of phenolic OH excluding ortho intramolecular Hbond substituents is 1. The number of nitrogens with one attached hydrogen (secondary N) is 1. The number of benzene rings is 1. The van der Waals surface area contributed by atoms with Crippen LogP contribution in [-0.4, -0.2) is 20.1 Å². The zero-order valence-electron chi connectivity index (χ0n) is 9.59. The molecule has 1 aromatic rings. The van der Waals surface area contributed by atoms with Crippen LogP contribution in [0, 0.1) is 5.92 Å². The Kier molecular flexibility index (Phi) is 3.69. The summed E-state index contributed by atoms with van der Waals surface area (Å²) in [7, 11) is -3.57. The fourth-order valence-electron chi connectivity index (χ4n) is 1.94. The van der Waals surface area contributed by atoms with Gasteiger partial charge in [-0.05, 0) is 24.5 Å². The molecule has 94 valence electrons. The molecule has 0 radical (unpaired) electrons. The molecule has 0 heterocycles. The van der Waals surface area contributed by atoms with Crippen molar-refractivity contribution >= 4 is 10.0 Å². The maximum absolute atomic E-state index is 11.9.